The molecule has 2 N–H and O–H groups in total. The standard InChI is InChI=1S/C27H34N2O4S/c30-15-16-34-27-25(22-7-3-1-4-8-22)26(23-9-5-2-6-10-23)28-29(27)17-20-11-13-21(14-12-20)18-33-19-24(31)32/h1-10,20-21,25,27,30H,11-19H2,(H,31,32). The van der Waals surface area contributed by atoms with Crippen LogP contribution in [0.5, 0.6) is 0 Å². The van der Waals surface area contributed by atoms with Gasteiger partial charge in [-0.1, -0.05) is 60.7 Å². The number of aliphatic hydroxyl groups excluding tert-OH is 1. The summed E-state index contributed by atoms with van der Waals surface area (Å²) in [4.78, 5) is 10.7. The number of rotatable bonds is 11. The summed E-state index contributed by atoms with van der Waals surface area (Å²) in [6.45, 7) is 1.36. The van der Waals surface area contributed by atoms with Gasteiger partial charge in [0.15, 0.2) is 0 Å². The van der Waals surface area contributed by atoms with E-state index in [0.717, 1.165) is 43.5 Å². The van der Waals surface area contributed by atoms with Gasteiger partial charge in [0, 0.05) is 12.3 Å². The molecule has 2 aromatic rings. The van der Waals surface area contributed by atoms with Crippen LogP contribution in [0.1, 0.15) is 42.7 Å². The number of carboxylic acid groups (broad SMARTS) is 1. The molecule has 1 aliphatic carbocycles. The van der Waals surface area contributed by atoms with Crippen LogP contribution >= 0.6 is 11.8 Å². The molecule has 0 radical (unpaired) electrons. The van der Waals surface area contributed by atoms with E-state index in [0.29, 0.717) is 24.2 Å². The van der Waals surface area contributed by atoms with Crippen LogP contribution in [-0.4, -0.2) is 64.4 Å². The quantitative estimate of drug-likeness (QED) is 0.492. The van der Waals surface area contributed by atoms with Gasteiger partial charge in [0.1, 0.15) is 12.0 Å². The highest BCUT2D eigenvalue weighted by Crippen LogP contribution is 2.41. The molecule has 0 saturated heterocycles. The number of hydrazone groups is 1. The van der Waals surface area contributed by atoms with Crippen molar-refractivity contribution in [3.8, 4) is 0 Å². The normalized spacial score (nSPS) is 24.7. The Balaban J connectivity index is 1.49. The van der Waals surface area contributed by atoms with Crippen molar-refractivity contribution >= 4 is 23.4 Å². The third-order valence-corrected chi connectivity index (χ3v) is 7.98. The summed E-state index contributed by atoms with van der Waals surface area (Å²) >= 11 is 1.78. The van der Waals surface area contributed by atoms with Gasteiger partial charge in [-0.05, 0) is 48.6 Å². The molecule has 0 aromatic heterocycles. The molecular formula is C27H34N2O4S. The summed E-state index contributed by atoms with van der Waals surface area (Å²) in [5.41, 5.74) is 3.49. The lowest BCUT2D eigenvalue weighted by Gasteiger charge is -2.34. The van der Waals surface area contributed by atoms with Crippen LogP contribution in [-0.2, 0) is 9.53 Å². The zero-order chi connectivity index (χ0) is 23.8. The van der Waals surface area contributed by atoms with Crippen molar-refractivity contribution in [3.63, 3.8) is 0 Å². The van der Waals surface area contributed by atoms with Gasteiger partial charge in [-0.15, -0.1) is 11.8 Å². The number of carbonyl (C=O) groups is 1. The predicted octanol–water partition coefficient (Wildman–Crippen LogP) is 4.45. The van der Waals surface area contributed by atoms with Gasteiger partial charge in [0.05, 0.1) is 24.8 Å². The number of aliphatic carboxylic acids is 1. The first kappa shape index (κ1) is 24.8. The Morgan fingerprint density at radius 3 is 2.29 bits per heavy atom. The average Bonchev–Trinajstić information content (AvgIpc) is 3.22. The van der Waals surface area contributed by atoms with Crippen molar-refractivity contribution < 1.29 is 19.7 Å². The summed E-state index contributed by atoms with van der Waals surface area (Å²) in [5, 5.41) is 26.0. The van der Waals surface area contributed by atoms with E-state index >= 15 is 0 Å². The Bertz CT molecular complexity index is 932. The topological polar surface area (TPSA) is 82.4 Å². The second-order valence-corrected chi connectivity index (χ2v) is 10.4. The van der Waals surface area contributed by atoms with Crippen molar-refractivity contribution in [2.75, 3.05) is 32.1 Å². The molecule has 34 heavy (non-hydrogen) atoms. The van der Waals surface area contributed by atoms with Crippen LogP contribution in [0.25, 0.3) is 0 Å². The van der Waals surface area contributed by atoms with Gasteiger partial charge in [0.2, 0.25) is 0 Å². The highest BCUT2D eigenvalue weighted by atomic mass is 32.2. The van der Waals surface area contributed by atoms with E-state index in [1.54, 1.807) is 11.8 Å². The van der Waals surface area contributed by atoms with Gasteiger partial charge in [-0.2, -0.15) is 5.10 Å². The van der Waals surface area contributed by atoms with E-state index in [-0.39, 0.29) is 24.5 Å². The fraction of sp³-hybridized carbons (Fsp3) is 0.481. The van der Waals surface area contributed by atoms with Crippen molar-refractivity contribution in [1.29, 1.82) is 0 Å². The summed E-state index contributed by atoms with van der Waals surface area (Å²) in [6, 6.07) is 21.0. The molecule has 1 heterocycles. The molecule has 6 nitrogen and oxygen atoms in total. The maximum Gasteiger partial charge on any atom is 0.329 e. The van der Waals surface area contributed by atoms with Gasteiger partial charge in [0.25, 0.3) is 0 Å². The lowest BCUT2D eigenvalue weighted by molar-refractivity contribution is -0.142. The minimum Gasteiger partial charge on any atom is -0.480 e. The second kappa shape index (κ2) is 12.4. The monoisotopic (exact) mass is 482 g/mol. The number of thioether (sulfide) groups is 1. The lowest BCUT2D eigenvalue weighted by atomic mass is 9.82. The zero-order valence-electron chi connectivity index (χ0n) is 19.5. The summed E-state index contributed by atoms with van der Waals surface area (Å²) < 4.78 is 5.33. The Hall–Kier alpha value is -2.35. The SMILES string of the molecule is O=C(O)COCC1CCC(CN2N=C(c3ccccc3)C(c3ccccc3)C2SCCO)CC1. The molecule has 0 bridgehead atoms. The van der Waals surface area contributed by atoms with Crippen LogP contribution in [0.2, 0.25) is 0 Å². The third-order valence-electron chi connectivity index (χ3n) is 6.71. The zero-order valence-corrected chi connectivity index (χ0v) is 20.3. The van der Waals surface area contributed by atoms with Crippen molar-refractivity contribution in [3.05, 3.63) is 71.8 Å². The molecule has 7 heteroatoms. The van der Waals surface area contributed by atoms with Crippen LogP contribution in [0, 0.1) is 11.8 Å². The van der Waals surface area contributed by atoms with Crippen LogP contribution in [0.4, 0.5) is 0 Å². The number of ether oxygens (including phenoxy) is 1. The molecule has 1 saturated carbocycles. The Morgan fingerprint density at radius 2 is 1.65 bits per heavy atom. The van der Waals surface area contributed by atoms with Crippen molar-refractivity contribution in [2.45, 2.75) is 37.0 Å². The first-order valence-corrected chi connectivity index (χ1v) is 13.2. The number of carboxylic acids is 1. The maximum absolute atomic E-state index is 10.7. The number of aliphatic hydroxyl groups is 1. The molecule has 0 amide bonds. The second-order valence-electron chi connectivity index (χ2n) is 9.14. The molecule has 2 aromatic carbocycles. The molecule has 2 aliphatic rings. The van der Waals surface area contributed by atoms with Gasteiger partial charge < -0.3 is 14.9 Å². The van der Waals surface area contributed by atoms with Gasteiger partial charge in [-0.3, -0.25) is 5.01 Å². The summed E-state index contributed by atoms with van der Waals surface area (Å²) in [7, 11) is 0. The first-order chi connectivity index (χ1) is 16.7. The highest BCUT2D eigenvalue weighted by molar-refractivity contribution is 7.99. The molecule has 2 unspecified atom stereocenters. The van der Waals surface area contributed by atoms with Crippen LogP contribution in [0.3, 0.4) is 0 Å². The molecule has 0 spiro atoms. The fourth-order valence-electron chi connectivity index (χ4n) is 5.05. The Labute approximate surface area is 206 Å². The summed E-state index contributed by atoms with van der Waals surface area (Å²) in [5.74, 6) is 0.892. The van der Waals surface area contributed by atoms with E-state index in [4.69, 9.17) is 14.9 Å². The molecule has 182 valence electrons. The fourth-order valence-corrected chi connectivity index (χ4v) is 6.18. The molecule has 2 atom stereocenters. The number of nitrogens with zero attached hydrogens (tertiary/aromatic N) is 2. The number of benzene rings is 2. The van der Waals surface area contributed by atoms with Crippen molar-refractivity contribution in [1.82, 2.24) is 5.01 Å². The Morgan fingerprint density at radius 1 is 1.00 bits per heavy atom. The minimum atomic E-state index is -0.908. The largest absolute Gasteiger partial charge is 0.480 e. The number of hydrogen-bond acceptors (Lipinski definition) is 6. The first-order valence-electron chi connectivity index (χ1n) is 12.1. The minimum absolute atomic E-state index is 0.140. The molecule has 4 rings (SSSR count). The maximum atomic E-state index is 10.7. The highest BCUT2D eigenvalue weighted by Gasteiger charge is 2.40. The van der Waals surface area contributed by atoms with Crippen LogP contribution < -0.4 is 0 Å². The van der Waals surface area contributed by atoms with E-state index in [1.165, 1.54) is 5.56 Å². The van der Waals surface area contributed by atoms with Gasteiger partial charge >= 0.3 is 5.97 Å². The van der Waals surface area contributed by atoms with E-state index < -0.39 is 5.97 Å². The number of hydrogen-bond donors (Lipinski definition) is 2. The van der Waals surface area contributed by atoms with Gasteiger partial charge in [-0.25, -0.2) is 4.79 Å². The average molecular weight is 483 g/mol. The van der Waals surface area contributed by atoms with Crippen LogP contribution in [0.15, 0.2) is 65.8 Å². The van der Waals surface area contributed by atoms with E-state index in [1.807, 2.05) is 12.1 Å². The summed E-state index contributed by atoms with van der Waals surface area (Å²) in [6.07, 6.45) is 4.32. The van der Waals surface area contributed by atoms with E-state index in [9.17, 15) is 9.90 Å². The smallest absolute Gasteiger partial charge is 0.329 e. The van der Waals surface area contributed by atoms with E-state index in [2.05, 4.69) is 53.5 Å². The lowest BCUT2D eigenvalue weighted by Crippen LogP contribution is -2.35. The third kappa shape index (κ3) is 6.40. The predicted molar refractivity (Wildman–Crippen MR) is 136 cm³/mol. The molecule has 1 aliphatic heterocycles. The molecular weight excluding hydrogens is 448 g/mol. The van der Waals surface area contributed by atoms with Crippen molar-refractivity contribution in [2.24, 2.45) is 16.9 Å². The Kier molecular flexibility index (Phi) is 9.02. The molecule has 1 fully saturated rings.